The van der Waals surface area contributed by atoms with Crippen molar-refractivity contribution >= 4 is 37.8 Å². The maximum atomic E-state index is 14.1. The molecule has 0 heterocycles. The van der Waals surface area contributed by atoms with Gasteiger partial charge >= 0.3 is 5.97 Å². The van der Waals surface area contributed by atoms with Crippen LogP contribution >= 0.6 is 31.9 Å². The minimum absolute atomic E-state index is 0.0247. The van der Waals surface area contributed by atoms with Gasteiger partial charge in [-0.05, 0) is 36.8 Å². The number of benzene rings is 2. The zero-order chi connectivity index (χ0) is 16.8. The molecule has 0 aromatic heterocycles. The molecule has 0 bridgehead atoms. The van der Waals surface area contributed by atoms with Crippen LogP contribution in [0.4, 0.5) is 4.39 Å². The Morgan fingerprint density at radius 1 is 1.17 bits per heavy atom. The Hall–Kier alpha value is -1.40. The van der Waals surface area contributed by atoms with Crippen molar-refractivity contribution in [2.75, 3.05) is 6.61 Å². The van der Waals surface area contributed by atoms with Crippen LogP contribution in [0.1, 0.15) is 18.1 Å². The van der Waals surface area contributed by atoms with E-state index in [9.17, 15) is 9.18 Å². The van der Waals surface area contributed by atoms with E-state index in [0.29, 0.717) is 5.56 Å². The van der Waals surface area contributed by atoms with Crippen molar-refractivity contribution in [2.45, 2.75) is 20.0 Å². The van der Waals surface area contributed by atoms with Crippen LogP contribution in [0.5, 0.6) is 5.75 Å². The van der Waals surface area contributed by atoms with Gasteiger partial charge in [-0.2, -0.15) is 0 Å². The van der Waals surface area contributed by atoms with E-state index in [-0.39, 0.29) is 25.4 Å². The molecule has 3 nitrogen and oxygen atoms in total. The molecule has 0 spiro atoms. The van der Waals surface area contributed by atoms with Crippen molar-refractivity contribution in [3.63, 3.8) is 0 Å². The highest BCUT2D eigenvalue weighted by atomic mass is 79.9. The molecule has 0 aliphatic rings. The number of carbonyl (C=O) groups excluding carboxylic acids is 1. The van der Waals surface area contributed by atoms with Gasteiger partial charge in [0.05, 0.1) is 13.0 Å². The van der Waals surface area contributed by atoms with E-state index in [0.717, 1.165) is 14.5 Å². The number of para-hydroxylation sites is 1. The predicted molar refractivity (Wildman–Crippen MR) is 92.9 cm³/mol. The van der Waals surface area contributed by atoms with Crippen LogP contribution in [0, 0.1) is 5.82 Å². The van der Waals surface area contributed by atoms with Crippen molar-refractivity contribution in [2.24, 2.45) is 0 Å². The first-order valence-electron chi connectivity index (χ1n) is 7.00. The Labute approximate surface area is 151 Å². The standard InChI is InChI=1S/C17H15Br2FO3/c1-2-22-16(21)8-12-4-3-5-15(20)17(12)23-10-11-6-13(18)9-14(19)7-11/h3-7,9H,2,8,10H2,1H3. The summed E-state index contributed by atoms with van der Waals surface area (Å²) in [7, 11) is 0. The first-order chi connectivity index (χ1) is 11.0. The van der Waals surface area contributed by atoms with E-state index < -0.39 is 11.8 Å². The quantitative estimate of drug-likeness (QED) is 0.584. The van der Waals surface area contributed by atoms with Gasteiger partial charge in [-0.3, -0.25) is 4.79 Å². The van der Waals surface area contributed by atoms with Crippen LogP contribution in [0.25, 0.3) is 0 Å². The number of esters is 1. The summed E-state index contributed by atoms with van der Waals surface area (Å²) in [6.45, 7) is 2.21. The number of rotatable bonds is 6. The maximum Gasteiger partial charge on any atom is 0.310 e. The van der Waals surface area contributed by atoms with E-state index in [1.54, 1.807) is 19.1 Å². The zero-order valence-corrected chi connectivity index (χ0v) is 15.6. The van der Waals surface area contributed by atoms with Crippen molar-refractivity contribution in [3.05, 3.63) is 62.3 Å². The summed E-state index contributed by atoms with van der Waals surface area (Å²) >= 11 is 6.79. The number of hydrogen-bond acceptors (Lipinski definition) is 3. The Bertz CT molecular complexity index is 684. The molecule has 2 rings (SSSR count). The second-order valence-electron chi connectivity index (χ2n) is 4.78. The molecule has 0 radical (unpaired) electrons. The Morgan fingerprint density at radius 2 is 1.87 bits per heavy atom. The number of hydrogen-bond donors (Lipinski definition) is 0. The monoisotopic (exact) mass is 444 g/mol. The third-order valence-electron chi connectivity index (χ3n) is 2.99. The Kier molecular flexibility index (Phi) is 6.59. The summed E-state index contributed by atoms with van der Waals surface area (Å²) in [5.41, 5.74) is 1.34. The molecule has 2 aromatic rings. The second-order valence-corrected chi connectivity index (χ2v) is 6.61. The lowest BCUT2D eigenvalue weighted by Crippen LogP contribution is -2.10. The predicted octanol–water partition coefficient (Wildman–Crippen LogP) is 5.04. The molecule has 0 aliphatic carbocycles. The third kappa shape index (κ3) is 5.32. The van der Waals surface area contributed by atoms with Gasteiger partial charge in [0.15, 0.2) is 11.6 Å². The van der Waals surface area contributed by atoms with E-state index in [1.807, 2.05) is 18.2 Å². The molecule has 2 aromatic carbocycles. The summed E-state index contributed by atoms with van der Waals surface area (Å²) in [5, 5.41) is 0. The average molecular weight is 446 g/mol. The van der Waals surface area contributed by atoms with Crippen molar-refractivity contribution in [1.29, 1.82) is 0 Å². The molecule has 122 valence electrons. The molecule has 0 aliphatic heterocycles. The highest BCUT2D eigenvalue weighted by molar-refractivity contribution is 9.11. The molecular weight excluding hydrogens is 431 g/mol. The van der Waals surface area contributed by atoms with Gasteiger partial charge in [0.2, 0.25) is 0 Å². The Morgan fingerprint density at radius 3 is 2.52 bits per heavy atom. The van der Waals surface area contributed by atoms with Crippen LogP contribution in [-0.4, -0.2) is 12.6 Å². The van der Waals surface area contributed by atoms with Gasteiger partial charge < -0.3 is 9.47 Å². The highest BCUT2D eigenvalue weighted by Crippen LogP contribution is 2.26. The molecule has 0 atom stereocenters. The SMILES string of the molecule is CCOC(=O)Cc1cccc(F)c1OCc1cc(Br)cc(Br)c1. The first kappa shape index (κ1) is 17.9. The molecule has 0 saturated carbocycles. The van der Waals surface area contributed by atoms with Gasteiger partial charge in [0.25, 0.3) is 0 Å². The summed E-state index contributed by atoms with van der Waals surface area (Å²) in [5.74, 6) is -0.828. The van der Waals surface area contributed by atoms with Crippen LogP contribution in [0.15, 0.2) is 45.3 Å². The topological polar surface area (TPSA) is 35.5 Å². The van der Waals surface area contributed by atoms with Crippen LogP contribution in [0.2, 0.25) is 0 Å². The van der Waals surface area contributed by atoms with Crippen LogP contribution < -0.4 is 4.74 Å². The van der Waals surface area contributed by atoms with Gasteiger partial charge in [-0.1, -0.05) is 44.0 Å². The zero-order valence-electron chi connectivity index (χ0n) is 12.4. The summed E-state index contributed by atoms with van der Waals surface area (Å²) in [6, 6.07) is 10.2. The van der Waals surface area contributed by atoms with E-state index in [4.69, 9.17) is 9.47 Å². The first-order valence-corrected chi connectivity index (χ1v) is 8.59. The fourth-order valence-corrected chi connectivity index (χ4v) is 3.46. The van der Waals surface area contributed by atoms with Gasteiger partial charge in [0.1, 0.15) is 6.61 Å². The van der Waals surface area contributed by atoms with E-state index in [1.165, 1.54) is 6.07 Å². The molecule has 23 heavy (non-hydrogen) atoms. The molecule has 0 unspecified atom stereocenters. The number of halogens is 3. The van der Waals surface area contributed by atoms with Crippen molar-refractivity contribution < 1.29 is 18.7 Å². The van der Waals surface area contributed by atoms with E-state index in [2.05, 4.69) is 31.9 Å². The highest BCUT2D eigenvalue weighted by Gasteiger charge is 2.14. The lowest BCUT2D eigenvalue weighted by molar-refractivity contribution is -0.142. The lowest BCUT2D eigenvalue weighted by atomic mass is 10.1. The second kappa shape index (κ2) is 8.45. The van der Waals surface area contributed by atoms with Gasteiger partial charge in [-0.25, -0.2) is 4.39 Å². The number of carbonyl (C=O) groups is 1. The summed E-state index contributed by atoms with van der Waals surface area (Å²) in [6.07, 6.45) is -0.0247. The fraction of sp³-hybridized carbons (Fsp3) is 0.235. The Balaban J connectivity index is 2.16. The van der Waals surface area contributed by atoms with Crippen molar-refractivity contribution in [3.8, 4) is 5.75 Å². The normalized spacial score (nSPS) is 10.4. The molecule has 0 amide bonds. The number of ether oxygens (including phenoxy) is 2. The molecular formula is C17H15Br2FO3. The minimum Gasteiger partial charge on any atom is -0.486 e. The summed E-state index contributed by atoms with van der Waals surface area (Å²) in [4.78, 5) is 11.6. The maximum absolute atomic E-state index is 14.1. The molecule has 6 heteroatoms. The third-order valence-corrected chi connectivity index (χ3v) is 3.91. The van der Waals surface area contributed by atoms with Gasteiger partial charge in [0, 0.05) is 14.5 Å². The van der Waals surface area contributed by atoms with Gasteiger partial charge in [-0.15, -0.1) is 0 Å². The molecule has 0 saturated heterocycles. The van der Waals surface area contributed by atoms with Crippen LogP contribution in [0.3, 0.4) is 0 Å². The minimum atomic E-state index is -0.499. The smallest absolute Gasteiger partial charge is 0.310 e. The van der Waals surface area contributed by atoms with E-state index >= 15 is 0 Å². The average Bonchev–Trinajstić information content (AvgIpc) is 2.46. The summed E-state index contributed by atoms with van der Waals surface area (Å²) < 4.78 is 26.4. The fourth-order valence-electron chi connectivity index (χ4n) is 2.07. The largest absolute Gasteiger partial charge is 0.486 e. The molecule has 0 N–H and O–H groups in total. The van der Waals surface area contributed by atoms with Crippen LogP contribution in [-0.2, 0) is 22.6 Å². The lowest BCUT2D eigenvalue weighted by Gasteiger charge is -2.12. The molecule has 0 fully saturated rings. The van der Waals surface area contributed by atoms with Crippen molar-refractivity contribution in [1.82, 2.24) is 0 Å².